The summed E-state index contributed by atoms with van der Waals surface area (Å²) >= 11 is 0. The van der Waals surface area contributed by atoms with E-state index in [0.29, 0.717) is 5.41 Å². The molecule has 13 heavy (non-hydrogen) atoms. The van der Waals surface area contributed by atoms with E-state index in [0.717, 1.165) is 12.3 Å². The summed E-state index contributed by atoms with van der Waals surface area (Å²) < 4.78 is 0. The lowest BCUT2D eigenvalue weighted by molar-refractivity contribution is 0.666. The quantitative estimate of drug-likeness (QED) is 0.612. The number of rotatable bonds is 3. The molecular formula is C13H16. The molecule has 0 heteroatoms. The molecule has 1 aromatic carbocycles. The molecule has 0 nitrogen and oxygen atoms in total. The third-order valence-electron chi connectivity index (χ3n) is 3.30. The van der Waals surface area contributed by atoms with Crippen molar-refractivity contribution in [3.8, 4) is 0 Å². The summed E-state index contributed by atoms with van der Waals surface area (Å²) in [7, 11) is 0. The number of benzene rings is 1. The molecule has 0 N–H and O–H groups in total. The molecule has 0 spiro atoms. The van der Waals surface area contributed by atoms with E-state index in [2.05, 4.69) is 43.8 Å². The molecule has 1 aliphatic carbocycles. The minimum Gasteiger partial charge on any atom is -0.103 e. The van der Waals surface area contributed by atoms with Crippen LogP contribution in [0.3, 0.4) is 0 Å². The third-order valence-corrected chi connectivity index (χ3v) is 3.30. The van der Waals surface area contributed by atoms with Gasteiger partial charge >= 0.3 is 0 Å². The molecule has 0 aromatic heterocycles. The minimum absolute atomic E-state index is 0.440. The van der Waals surface area contributed by atoms with Gasteiger partial charge in [-0.2, -0.15) is 0 Å². The Labute approximate surface area is 80.3 Å². The Hall–Kier alpha value is -1.04. The van der Waals surface area contributed by atoms with Crippen LogP contribution in [0.5, 0.6) is 0 Å². The summed E-state index contributed by atoms with van der Waals surface area (Å²) in [6, 6.07) is 10.8. The smallest absolute Gasteiger partial charge is 0.00407 e. The number of allylic oxidation sites excluding steroid dienone is 1. The first-order chi connectivity index (χ1) is 6.27. The summed E-state index contributed by atoms with van der Waals surface area (Å²) in [4.78, 5) is 0. The van der Waals surface area contributed by atoms with Crippen LogP contribution >= 0.6 is 0 Å². The van der Waals surface area contributed by atoms with E-state index in [4.69, 9.17) is 0 Å². The molecule has 0 bridgehead atoms. The largest absolute Gasteiger partial charge is 0.103 e. The zero-order chi connectivity index (χ0) is 9.31. The summed E-state index contributed by atoms with van der Waals surface area (Å²) in [5.41, 5.74) is 1.93. The molecule has 2 rings (SSSR count). The monoisotopic (exact) mass is 172 g/mol. The van der Waals surface area contributed by atoms with Gasteiger partial charge in [0.1, 0.15) is 0 Å². The highest BCUT2D eigenvalue weighted by Gasteiger charge is 2.49. The van der Waals surface area contributed by atoms with Crippen molar-refractivity contribution in [2.45, 2.75) is 25.2 Å². The first kappa shape index (κ1) is 8.55. The standard InChI is InChI=1S/C13H16/c1-3-7-12-10-13(12,2)11-8-5-4-6-9-11/h3-6,8-9,12H,1,7,10H2,2H3/t12-,13+/m0/s1. The highest BCUT2D eigenvalue weighted by molar-refractivity contribution is 5.32. The van der Waals surface area contributed by atoms with Crippen molar-refractivity contribution >= 4 is 0 Å². The zero-order valence-corrected chi connectivity index (χ0v) is 8.16. The summed E-state index contributed by atoms with van der Waals surface area (Å²) in [5, 5.41) is 0. The van der Waals surface area contributed by atoms with Crippen LogP contribution in [-0.4, -0.2) is 0 Å². The van der Waals surface area contributed by atoms with E-state index in [9.17, 15) is 0 Å². The molecule has 68 valence electrons. The summed E-state index contributed by atoms with van der Waals surface area (Å²) in [6.45, 7) is 6.16. The lowest BCUT2D eigenvalue weighted by Crippen LogP contribution is -2.03. The highest BCUT2D eigenvalue weighted by Crippen LogP contribution is 2.55. The fourth-order valence-corrected chi connectivity index (χ4v) is 2.17. The van der Waals surface area contributed by atoms with E-state index >= 15 is 0 Å². The van der Waals surface area contributed by atoms with Gasteiger partial charge in [-0.3, -0.25) is 0 Å². The molecule has 0 amide bonds. The second kappa shape index (κ2) is 3.02. The van der Waals surface area contributed by atoms with Crippen LogP contribution in [0.15, 0.2) is 43.0 Å². The van der Waals surface area contributed by atoms with Crippen molar-refractivity contribution in [2.24, 2.45) is 5.92 Å². The zero-order valence-electron chi connectivity index (χ0n) is 8.16. The van der Waals surface area contributed by atoms with Gasteiger partial charge < -0.3 is 0 Å². The van der Waals surface area contributed by atoms with E-state index < -0.39 is 0 Å². The molecule has 2 atom stereocenters. The Morgan fingerprint density at radius 2 is 2.15 bits per heavy atom. The normalized spacial score (nSPS) is 31.3. The van der Waals surface area contributed by atoms with Gasteiger partial charge in [0, 0.05) is 0 Å². The Balaban J connectivity index is 2.16. The lowest BCUT2D eigenvalue weighted by atomic mass is 9.95. The molecule has 1 aromatic rings. The Kier molecular flexibility index (Phi) is 1.99. The third kappa shape index (κ3) is 1.41. The van der Waals surface area contributed by atoms with Gasteiger partial charge in [0.15, 0.2) is 0 Å². The second-order valence-electron chi connectivity index (χ2n) is 4.21. The average Bonchev–Trinajstić information content (AvgIpc) is 2.81. The molecular weight excluding hydrogens is 156 g/mol. The van der Waals surface area contributed by atoms with Crippen LogP contribution in [0.4, 0.5) is 0 Å². The van der Waals surface area contributed by atoms with Crippen molar-refractivity contribution in [3.05, 3.63) is 48.6 Å². The van der Waals surface area contributed by atoms with Gasteiger partial charge in [-0.25, -0.2) is 0 Å². The van der Waals surface area contributed by atoms with Crippen molar-refractivity contribution in [1.29, 1.82) is 0 Å². The maximum atomic E-state index is 3.80. The first-order valence-electron chi connectivity index (χ1n) is 4.94. The topological polar surface area (TPSA) is 0 Å². The van der Waals surface area contributed by atoms with Crippen molar-refractivity contribution in [1.82, 2.24) is 0 Å². The van der Waals surface area contributed by atoms with E-state index in [1.165, 1.54) is 12.0 Å². The Morgan fingerprint density at radius 1 is 1.46 bits per heavy atom. The van der Waals surface area contributed by atoms with Crippen molar-refractivity contribution in [3.63, 3.8) is 0 Å². The lowest BCUT2D eigenvalue weighted by Gasteiger charge is -2.10. The Bertz CT molecular complexity index is 299. The number of hydrogen-bond acceptors (Lipinski definition) is 0. The highest BCUT2D eigenvalue weighted by atomic mass is 14.5. The first-order valence-corrected chi connectivity index (χ1v) is 4.94. The summed E-state index contributed by atoms with van der Waals surface area (Å²) in [6.07, 6.45) is 4.52. The second-order valence-corrected chi connectivity index (χ2v) is 4.21. The molecule has 1 saturated carbocycles. The van der Waals surface area contributed by atoms with Gasteiger partial charge in [0.2, 0.25) is 0 Å². The predicted octanol–water partition coefficient (Wildman–Crippen LogP) is 3.54. The molecule has 0 heterocycles. The minimum atomic E-state index is 0.440. The van der Waals surface area contributed by atoms with Crippen LogP contribution < -0.4 is 0 Å². The van der Waals surface area contributed by atoms with Gasteiger partial charge in [0.25, 0.3) is 0 Å². The van der Waals surface area contributed by atoms with E-state index in [1.54, 1.807) is 0 Å². The van der Waals surface area contributed by atoms with Crippen molar-refractivity contribution in [2.75, 3.05) is 0 Å². The molecule has 0 saturated heterocycles. The van der Waals surface area contributed by atoms with Gasteiger partial charge in [-0.05, 0) is 29.7 Å². The van der Waals surface area contributed by atoms with Crippen LogP contribution in [0, 0.1) is 5.92 Å². The predicted molar refractivity (Wildman–Crippen MR) is 56.7 cm³/mol. The molecule has 0 unspecified atom stereocenters. The molecule has 0 aliphatic heterocycles. The SMILES string of the molecule is C=CC[C@H]1C[C@]1(C)c1ccccc1. The fraction of sp³-hybridized carbons (Fsp3) is 0.385. The maximum absolute atomic E-state index is 3.80. The fourth-order valence-electron chi connectivity index (χ4n) is 2.17. The van der Waals surface area contributed by atoms with E-state index in [-0.39, 0.29) is 0 Å². The van der Waals surface area contributed by atoms with Gasteiger partial charge in [-0.15, -0.1) is 6.58 Å². The maximum Gasteiger partial charge on any atom is -0.00407 e. The van der Waals surface area contributed by atoms with Crippen molar-refractivity contribution < 1.29 is 0 Å². The Morgan fingerprint density at radius 3 is 2.77 bits per heavy atom. The average molecular weight is 172 g/mol. The van der Waals surface area contributed by atoms with E-state index in [1.807, 2.05) is 6.08 Å². The van der Waals surface area contributed by atoms with Crippen LogP contribution in [0.2, 0.25) is 0 Å². The molecule has 0 radical (unpaired) electrons. The summed E-state index contributed by atoms with van der Waals surface area (Å²) in [5.74, 6) is 0.826. The van der Waals surface area contributed by atoms with Crippen LogP contribution in [-0.2, 0) is 5.41 Å². The van der Waals surface area contributed by atoms with Gasteiger partial charge in [0.05, 0.1) is 0 Å². The van der Waals surface area contributed by atoms with Crippen LogP contribution in [0.25, 0.3) is 0 Å². The molecule has 1 fully saturated rings. The molecule has 1 aliphatic rings. The number of hydrogen-bond donors (Lipinski definition) is 0. The van der Waals surface area contributed by atoms with Crippen LogP contribution in [0.1, 0.15) is 25.3 Å². The van der Waals surface area contributed by atoms with Gasteiger partial charge in [-0.1, -0.05) is 43.3 Å².